The van der Waals surface area contributed by atoms with Crippen molar-refractivity contribution in [1.82, 2.24) is 74.1 Å². The van der Waals surface area contributed by atoms with E-state index in [1.165, 1.54) is 41.5 Å². The Balaban J connectivity index is 1.39. The first-order valence-corrected chi connectivity index (χ1v) is 41.7. The number of aliphatic hydroxyl groups is 1. The van der Waals surface area contributed by atoms with E-state index < -0.39 is 215 Å². The van der Waals surface area contributed by atoms with Crippen LogP contribution in [0, 0.1) is 0 Å². The Morgan fingerprint density at radius 2 is 0.920 bits per heavy atom. The van der Waals surface area contributed by atoms with Crippen molar-refractivity contribution in [2.45, 2.75) is 227 Å². The van der Waals surface area contributed by atoms with Crippen LogP contribution in [0.1, 0.15) is 143 Å². The van der Waals surface area contributed by atoms with Crippen molar-refractivity contribution in [3.05, 3.63) is 144 Å². The predicted octanol–water partition coefficient (Wildman–Crippen LogP) is -1.00. The van der Waals surface area contributed by atoms with Gasteiger partial charge in [-0.1, -0.05) is 115 Å². The number of thiol groups is 2. The number of carbonyl (C=O) groups is 17. The fraction of sp³-hybridized carbons (Fsp3) is 0.453. The smallest absolute Gasteiger partial charge is 0.246 e. The summed E-state index contributed by atoms with van der Waals surface area (Å²) in [4.78, 5) is 239. The van der Waals surface area contributed by atoms with E-state index in [4.69, 9.17) is 41.3 Å². The van der Waals surface area contributed by atoms with Crippen molar-refractivity contribution in [2.75, 3.05) is 19.6 Å². The number of amides is 17. The number of H-pyrrole nitrogens is 1. The van der Waals surface area contributed by atoms with E-state index >= 15 is 28.8 Å². The molecule has 37 nitrogen and oxygen atoms in total. The van der Waals surface area contributed by atoms with Crippen LogP contribution in [-0.4, -0.2) is 212 Å². The summed E-state index contributed by atoms with van der Waals surface area (Å²) < 4.78 is -2.83. The van der Waals surface area contributed by atoms with Crippen LogP contribution in [-0.2, 0) is 101 Å². The lowest BCUT2D eigenvalue weighted by atomic mass is 9.91. The lowest BCUT2D eigenvalue weighted by Gasteiger charge is -2.34. The number of nitrogens with two attached hydrogens (primary N) is 5. The minimum absolute atomic E-state index is 0.139. The number of aromatic nitrogens is 1. The molecule has 0 bridgehead atoms. The van der Waals surface area contributed by atoms with Crippen molar-refractivity contribution < 1.29 is 86.6 Å². The Labute approximate surface area is 734 Å². The molecule has 0 fully saturated rings. The topological polar surface area (TPSA) is 613 Å². The van der Waals surface area contributed by atoms with Gasteiger partial charge in [-0.15, -0.1) is 0 Å². The van der Waals surface area contributed by atoms with E-state index in [-0.39, 0.29) is 70.4 Å². The number of rotatable bonds is 51. The Morgan fingerprint density at radius 3 is 1.50 bits per heavy atom. The third kappa shape index (κ3) is 32.9. The number of para-hydroxylation sites is 1. The van der Waals surface area contributed by atoms with Crippen LogP contribution in [0.15, 0.2) is 128 Å². The Kier molecular flexibility index (Phi) is 38.9. The van der Waals surface area contributed by atoms with Crippen LogP contribution < -0.4 is 97.8 Å². The molecule has 0 aliphatic rings. The maximum Gasteiger partial charge on any atom is 0.246 e. The summed E-state index contributed by atoms with van der Waals surface area (Å²) in [6.45, 7) is 10.5. The Bertz CT molecular complexity index is 4850. The second-order valence-electron chi connectivity index (χ2n) is 32.1. The van der Waals surface area contributed by atoms with Crippen molar-refractivity contribution in [2.24, 2.45) is 28.7 Å². The van der Waals surface area contributed by atoms with Crippen LogP contribution in [0.2, 0.25) is 0 Å². The molecule has 0 saturated carbocycles. The van der Waals surface area contributed by atoms with E-state index in [9.17, 15) is 57.8 Å². The normalized spacial score (nSPS) is 14.5. The van der Waals surface area contributed by atoms with Gasteiger partial charge in [0, 0.05) is 79.1 Å². The highest BCUT2D eigenvalue weighted by molar-refractivity contribution is 7.82. The average Bonchev–Trinajstić information content (AvgIpc) is 1.78. The van der Waals surface area contributed by atoms with Gasteiger partial charge in [0.25, 0.3) is 0 Å². The molecular formula is C86H117N19O18S2. The van der Waals surface area contributed by atoms with Crippen molar-refractivity contribution >= 4 is 147 Å². The van der Waals surface area contributed by atoms with Gasteiger partial charge in [-0.2, -0.15) is 25.3 Å². The number of carbonyl (C=O) groups excluding carboxylic acids is 17. The first-order chi connectivity index (χ1) is 58.9. The second-order valence-corrected chi connectivity index (χ2v) is 34.4. The zero-order valence-corrected chi connectivity index (χ0v) is 73.0. The van der Waals surface area contributed by atoms with Crippen molar-refractivity contribution in [3.63, 3.8) is 0 Å². The first-order valence-electron chi connectivity index (χ1n) is 40.8. The van der Waals surface area contributed by atoms with E-state index in [0.717, 1.165) is 35.7 Å². The third-order valence-corrected chi connectivity index (χ3v) is 20.9. The zero-order chi connectivity index (χ0) is 92.6. The molecule has 6 rings (SSSR count). The van der Waals surface area contributed by atoms with Gasteiger partial charge in [-0.3, -0.25) is 81.5 Å². The summed E-state index contributed by atoms with van der Waals surface area (Å²) in [5.41, 5.74) is 29.5. The molecule has 0 radical (unpaired) electrons. The minimum Gasteiger partial charge on any atom is -0.391 e. The first kappa shape index (κ1) is 101. The average molecular weight is 1770 g/mol. The molecule has 39 heteroatoms. The highest BCUT2D eigenvalue weighted by Gasteiger charge is 2.44. The molecule has 0 aliphatic carbocycles. The summed E-state index contributed by atoms with van der Waals surface area (Å²) in [7, 11) is 0. The van der Waals surface area contributed by atoms with E-state index in [1.807, 2.05) is 48.5 Å². The molecule has 25 N–H and O–H groups in total. The fourth-order valence-corrected chi connectivity index (χ4v) is 14.0. The van der Waals surface area contributed by atoms with Gasteiger partial charge >= 0.3 is 0 Å². The standard InChI is InChI=1S/C86H117N19O18S2/c1-47(106)70(103-75(115)60(33-35-66(88)109)97-81(121)71(84(4,5)124)95-49(3)108)80(120)100-64(43-56-45-93-58-25-15-14-24-57(56)58)78(118)96-61(34-36-67(89)110)76(116)104-72(85(6,7)125)82(122)101-62(41-50-27-30-54(31-28-50)52-20-10-9-11-21-52)77(117)98-63(42-51-29-32-53-22-12-13-23-55(53)40-51)79(119)105-86(8,37-17-18-38-87)83(123)102-59(26-16-19-39-92-48(2)107)74(114)99-65(44-68(90)111)73(113)94-46-69(91)112/h9-15,20-25,27-32,40,45,47,59-65,70-72,93,106,124-125H,16-19,26,33-39,41-44,46,87H2,1-8H3,(H2,88,109)(H2,89,110)(H2,90,111)(H2,91,112)(H,92,107)(H,94,113)(H,95,108)(H,96,118)(H,97,121)(H,98,117)(H,99,114)(H,100,120)(H,101,122)(H,102,123)(H,103,115)(H,104,116)(H,105,119)/t47-,59+,60+,61+,62+,63+,64+,65+,70+,71-,72-,86+/m1/s1. The lowest BCUT2D eigenvalue weighted by Crippen LogP contribution is -2.65. The molecule has 0 aliphatic heterocycles. The fourth-order valence-electron chi connectivity index (χ4n) is 13.6. The summed E-state index contributed by atoms with van der Waals surface area (Å²) in [6.07, 6.45) is -3.27. The molecule has 0 spiro atoms. The molecular weight excluding hydrogens is 1650 g/mol. The number of nitrogens with one attached hydrogen (secondary N) is 14. The van der Waals surface area contributed by atoms with Gasteiger partial charge in [0.15, 0.2) is 0 Å². The quantitative estimate of drug-likeness (QED) is 0.0161. The maximum absolute atomic E-state index is 15.8. The predicted molar refractivity (Wildman–Crippen MR) is 473 cm³/mol. The third-order valence-electron chi connectivity index (χ3n) is 20.4. The van der Waals surface area contributed by atoms with E-state index in [1.54, 1.807) is 79.0 Å². The summed E-state index contributed by atoms with van der Waals surface area (Å²) >= 11 is 9.23. The molecule has 1 heterocycles. The number of fused-ring (bicyclic) bond motifs is 2. The molecule has 6 aromatic rings. The number of unbranched alkanes of at least 4 members (excludes halogenated alkanes) is 2. The van der Waals surface area contributed by atoms with Gasteiger partial charge in [0.2, 0.25) is 100 Å². The molecule has 12 atom stereocenters. The number of primary amides is 4. The number of aromatic amines is 1. The largest absolute Gasteiger partial charge is 0.391 e. The monoisotopic (exact) mass is 1770 g/mol. The highest BCUT2D eigenvalue weighted by atomic mass is 32.1. The molecule has 676 valence electrons. The van der Waals surface area contributed by atoms with Gasteiger partial charge in [-0.25, -0.2) is 0 Å². The molecule has 0 unspecified atom stereocenters. The van der Waals surface area contributed by atoms with Gasteiger partial charge in [0.05, 0.1) is 19.1 Å². The van der Waals surface area contributed by atoms with Crippen LogP contribution >= 0.6 is 25.3 Å². The Hall–Kier alpha value is -12.5. The van der Waals surface area contributed by atoms with Crippen LogP contribution in [0.3, 0.4) is 0 Å². The molecule has 1 aromatic heterocycles. The van der Waals surface area contributed by atoms with Gasteiger partial charge in [-0.05, 0) is 144 Å². The minimum atomic E-state index is -1.98. The van der Waals surface area contributed by atoms with Gasteiger partial charge in [0.1, 0.15) is 66.0 Å². The summed E-state index contributed by atoms with van der Waals surface area (Å²) in [6, 6.07) is 19.0. The second kappa shape index (κ2) is 48.0. The molecule has 17 amide bonds. The molecule has 125 heavy (non-hydrogen) atoms. The maximum atomic E-state index is 15.8. The molecule has 0 saturated heterocycles. The van der Waals surface area contributed by atoms with E-state index in [2.05, 4.69) is 86.7 Å². The number of hydrogen-bond acceptors (Lipinski definition) is 21. The van der Waals surface area contributed by atoms with Gasteiger partial charge < -0.3 is 108 Å². The Morgan fingerprint density at radius 1 is 0.432 bits per heavy atom. The highest BCUT2D eigenvalue weighted by Crippen LogP contribution is 2.26. The SMILES string of the molecule is CC(=O)NCCCC[C@H](NC(=O)[C@](C)(CCCCN)NC(=O)[C@H](Cc1ccc2ccccc2c1)NC(=O)[C@H](Cc1ccc(-c2ccccc2)cc1)NC(=O)[C@@H](NC(=O)[C@H](CCC(N)=O)NC(=O)[C@H](Cc1c[nH]c2ccccc12)NC(=O)[C@@H](NC(=O)[C@H](CCC(N)=O)NC(=O)[C@@H](NC(C)=O)C(C)(C)S)[C@@H](C)O)C(C)(C)S)C(=O)N[C@@H](CC(N)=O)C(=O)NCC(N)=O. The van der Waals surface area contributed by atoms with Crippen LogP contribution in [0.4, 0.5) is 0 Å². The number of hydrogen-bond donors (Lipinski definition) is 22. The van der Waals surface area contributed by atoms with Crippen molar-refractivity contribution in [1.29, 1.82) is 0 Å². The number of aliphatic hydroxyl groups excluding tert-OH is 1. The van der Waals surface area contributed by atoms with Crippen molar-refractivity contribution in [3.8, 4) is 11.1 Å². The lowest BCUT2D eigenvalue weighted by molar-refractivity contribution is -0.138. The summed E-state index contributed by atoms with van der Waals surface area (Å²) in [5, 5.41) is 46.9. The number of benzene rings is 5. The van der Waals surface area contributed by atoms with Crippen LogP contribution in [0.5, 0.6) is 0 Å². The van der Waals surface area contributed by atoms with Crippen LogP contribution in [0.25, 0.3) is 32.8 Å². The molecule has 5 aromatic carbocycles. The van der Waals surface area contributed by atoms with E-state index in [0.29, 0.717) is 34.0 Å². The summed E-state index contributed by atoms with van der Waals surface area (Å²) in [5.74, 6) is -16.2. The zero-order valence-electron chi connectivity index (χ0n) is 71.2.